The van der Waals surface area contributed by atoms with Gasteiger partial charge in [0.1, 0.15) is 18.2 Å². The van der Waals surface area contributed by atoms with Crippen LogP contribution in [-0.2, 0) is 14.4 Å². The van der Waals surface area contributed by atoms with E-state index < -0.39 is 36.4 Å². The molecule has 2 aromatic rings. The lowest BCUT2D eigenvalue weighted by Crippen LogP contribution is -2.68. The van der Waals surface area contributed by atoms with Crippen molar-refractivity contribution >= 4 is 29.1 Å². The van der Waals surface area contributed by atoms with Gasteiger partial charge in [-0.25, -0.2) is 8.78 Å². The smallest absolute Gasteiger partial charge is 0.326 e. The van der Waals surface area contributed by atoms with Crippen molar-refractivity contribution in [2.75, 3.05) is 29.9 Å². The second-order valence-electron chi connectivity index (χ2n) is 6.62. The van der Waals surface area contributed by atoms with Crippen LogP contribution >= 0.6 is 0 Å². The summed E-state index contributed by atoms with van der Waals surface area (Å²) in [6.07, 6.45) is -0.677. The van der Waals surface area contributed by atoms with Crippen molar-refractivity contribution in [1.29, 1.82) is 0 Å². The highest BCUT2D eigenvalue weighted by atomic mass is 19.1. The van der Waals surface area contributed by atoms with E-state index in [0.717, 1.165) is 5.01 Å². The molecule has 1 unspecified atom stereocenters. The Morgan fingerprint density at radius 1 is 0.931 bits per heavy atom. The van der Waals surface area contributed by atoms with E-state index in [1.807, 2.05) is 0 Å². The number of benzene rings is 2. The van der Waals surface area contributed by atoms with Gasteiger partial charge in [0.2, 0.25) is 5.91 Å². The maximum Gasteiger partial charge on any atom is 0.326 e. The fourth-order valence-corrected chi connectivity index (χ4v) is 3.31. The van der Waals surface area contributed by atoms with Crippen molar-refractivity contribution in [3.8, 4) is 0 Å². The molecular weight excluding hydrogens is 384 g/mol. The highest BCUT2D eigenvalue weighted by Gasteiger charge is 2.45. The van der Waals surface area contributed by atoms with Gasteiger partial charge in [-0.1, -0.05) is 0 Å². The van der Waals surface area contributed by atoms with Gasteiger partial charge in [0.15, 0.2) is 6.29 Å². The summed E-state index contributed by atoms with van der Waals surface area (Å²) in [7, 11) is 0. The molecule has 0 spiro atoms. The van der Waals surface area contributed by atoms with Gasteiger partial charge < -0.3 is 10.2 Å². The van der Waals surface area contributed by atoms with E-state index in [1.165, 1.54) is 41.3 Å². The zero-order chi connectivity index (χ0) is 20.5. The Labute approximate surface area is 164 Å². The number of rotatable bonds is 4. The van der Waals surface area contributed by atoms with Crippen LogP contribution in [0.1, 0.15) is 0 Å². The summed E-state index contributed by atoms with van der Waals surface area (Å²) in [5.41, 5.74) is 3.92. The molecule has 0 bridgehead atoms. The quantitative estimate of drug-likeness (QED) is 0.744. The van der Waals surface area contributed by atoms with Crippen LogP contribution in [-0.4, -0.2) is 53.6 Å². The molecule has 2 heterocycles. The topological polar surface area (TPSA) is 85.0 Å². The number of hydrogen-bond acceptors (Lipinski definition) is 5. The molecule has 150 valence electrons. The summed E-state index contributed by atoms with van der Waals surface area (Å²) < 4.78 is 26.2. The van der Waals surface area contributed by atoms with Gasteiger partial charge in [-0.3, -0.25) is 24.3 Å². The second kappa shape index (κ2) is 7.47. The number of halogens is 2. The molecule has 2 N–H and O–H groups in total. The number of hydrazine groups is 1. The van der Waals surface area contributed by atoms with Gasteiger partial charge >= 0.3 is 11.8 Å². The van der Waals surface area contributed by atoms with Crippen LogP contribution in [0.2, 0.25) is 0 Å². The number of hydrogen-bond donors (Lipinski definition) is 2. The monoisotopic (exact) mass is 401 g/mol. The molecular formula is C19H17F2N5O3. The zero-order valence-corrected chi connectivity index (χ0v) is 15.1. The molecule has 2 saturated heterocycles. The van der Waals surface area contributed by atoms with E-state index in [-0.39, 0.29) is 5.82 Å². The average molecular weight is 401 g/mol. The summed E-state index contributed by atoms with van der Waals surface area (Å²) in [4.78, 5) is 40.3. The van der Waals surface area contributed by atoms with Crippen LogP contribution in [0.5, 0.6) is 0 Å². The van der Waals surface area contributed by atoms with Crippen LogP contribution in [0.4, 0.5) is 20.2 Å². The minimum Gasteiger partial charge on any atom is -0.336 e. The number of fused-ring (bicyclic) bond motifs is 1. The SMILES string of the molecule is O=C(CN1NC2N(CCN2c2ccc(F)cc2)C(=O)C1=O)Nc1ccc(F)cc1. The lowest BCUT2D eigenvalue weighted by Gasteiger charge is -2.40. The van der Waals surface area contributed by atoms with Crippen LogP contribution in [0, 0.1) is 11.6 Å². The van der Waals surface area contributed by atoms with Crippen LogP contribution in [0.3, 0.4) is 0 Å². The molecule has 2 aliphatic heterocycles. The lowest BCUT2D eigenvalue weighted by atomic mass is 10.3. The maximum atomic E-state index is 13.2. The number of carbonyl (C=O) groups excluding carboxylic acids is 3. The van der Waals surface area contributed by atoms with Crippen molar-refractivity contribution in [1.82, 2.24) is 15.3 Å². The fraction of sp³-hybridized carbons (Fsp3) is 0.211. The van der Waals surface area contributed by atoms with Gasteiger partial charge in [0.25, 0.3) is 0 Å². The number of amides is 3. The molecule has 0 saturated carbocycles. The number of nitrogens with one attached hydrogen (secondary N) is 2. The second-order valence-corrected chi connectivity index (χ2v) is 6.62. The predicted molar refractivity (Wildman–Crippen MR) is 99.1 cm³/mol. The van der Waals surface area contributed by atoms with Gasteiger partial charge in [0.05, 0.1) is 0 Å². The van der Waals surface area contributed by atoms with Crippen molar-refractivity contribution < 1.29 is 23.2 Å². The zero-order valence-electron chi connectivity index (χ0n) is 15.1. The van der Waals surface area contributed by atoms with Gasteiger partial charge in [-0.05, 0) is 48.5 Å². The third kappa shape index (κ3) is 3.74. The Bertz CT molecular complexity index is 951. The molecule has 0 aromatic heterocycles. The summed E-state index contributed by atoms with van der Waals surface area (Å²) in [6, 6.07) is 10.9. The molecule has 2 aliphatic rings. The molecule has 10 heteroatoms. The Hall–Kier alpha value is -3.53. The van der Waals surface area contributed by atoms with Crippen LogP contribution < -0.4 is 15.6 Å². The molecule has 0 radical (unpaired) electrons. The van der Waals surface area contributed by atoms with Crippen molar-refractivity contribution in [2.45, 2.75) is 6.29 Å². The summed E-state index contributed by atoms with van der Waals surface area (Å²) in [5, 5.41) is 3.49. The summed E-state index contributed by atoms with van der Waals surface area (Å²) in [5.74, 6) is -2.95. The molecule has 2 fully saturated rings. The maximum absolute atomic E-state index is 13.2. The minimum atomic E-state index is -0.850. The first-order chi connectivity index (χ1) is 13.9. The first-order valence-electron chi connectivity index (χ1n) is 8.88. The standard InChI is InChI=1S/C19H17F2N5O3/c20-12-1-5-14(6-2-12)22-16(27)11-26-18(29)17(28)25-10-9-24(19(25)23-26)15-7-3-13(21)4-8-15/h1-8,19,23H,9-11H2,(H,22,27). The Morgan fingerprint density at radius 3 is 2.17 bits per heavy atom. The summed E-state index contributed by atoms with van der Waals surface area (Å²) >= 11 is 0. The van der Waals surface area contributed by atoms with E-state index in [1.54, 1.807) is 17.0 Å². The Balaban J connectivity index is 1.47. The molecule has 4 rings (SSSR count). The molecule has 0 aliphatic carbocycles. The van der Waals surface area contributed by atoms with Crippen molar-refractivity contribution in [2.24, 2.45) is 0 Å². The van der Waals surface area contributed by atoms with E-state index in [4.69, 9.17) is 0 Å². The highest BCUT2D eigenvalue weighted by Crippen LogP contribution is 2.25. The highest BCUT2D eigenvalue weighted by molar-refractivity contribution is 6.35. The normalized spacial score (nSPS) is 18.8. The van der Waals surface area contributed by atoms with E-state index >= 15 is 0 Å². The predicted octanol–water partition coefficient (Wildman–Crippen LogP) is 0.882. The minimum absolute atomic E-state index is 0.315. The average Bonchev–Trinajstić information content (AvgIpc) is 3.12. The summed E-state index contributed by atoms with van der Waals surface area (Å²) in [6.45, 7) is 0.344. The van der Waals surface area contributed by atoms with E-state index in [2.05, 4.69) is 10.7 Å². The third-order valence-corrected chi connectivity index (χ3v) is 4.72. The Morgan fingerprint density at radius 2 is 1.52 bits per heavy atom. The van der Waals surface area contributed by atoms with Gasteiger partial charge in [-0.15, -0.1) is 0 Å². The number of carbonyl (C=O) groups is 3. The van der Waals surface area contributed by atoms with Gasteiger partial charge in [-0.2, -0.15) is 5.43 Å². The largest absolute Gasteiger partial charge is 0.336 e. The van der Waals surface area contributed by atoms with Crippen LogP contribution in [0.15, 0.2) is 48.5 Å². The lowest BCUT2D eigenvalue weighted by molar-refractivity contribution is -0.163. The molecule has 3 amide bonds. The molecule has 2 aromatic carbocycles. The first kappa shape index (κ1) is 18.8. The third-order valence-electron chi connectivity index (χ3n) is 4.72. The molecule has 1 atom stereocenters. The number of anilines is 2. The fourth-order valence-electron chi connectivity index (χ4n) is 3.31. The Kier molecular flexibility index (Phi) is 4.85. The van der Waals surface area contributed by atoms with Gasteiger partial charge in [0, 0.05) is 24.5 Å². The van der Waals surface area contributed by atoms with E-state index in [9.17, 15) is 23.2 Å². The number of nitrogens with zero attached hydrogens (tertiary/aromatic N) is 3. The van der Waals surface area contributed by atoms with Crippen LogP contribution in [0.25, 0.3) is 0 Å². The molecule has 8 nitrogen and oxygen atoms in total. The first-order valence-corrected chi connectivity index (χ1v) is 8.88. The van der Waals surface area contributed by atoms with Crippen molar-refractivity contribution in [3.05, 3.63) is 60.2 Å². The van der Waals surface area contributed by atoms with Crippen molar-refractivity contribution in [3.63, 3.8) is 0 Å². The van der Waals surface area contributed by atoms with E-state index in [0.29, 0.717) is 24.5 Å². The molecule has 29 heavy (non-hydrogen) atoms.